The van der Waals surface area contributed by atoms with E-state index in [0.29, 0.717) is 5.92 Å². The fraction of sp³-hybridized carbons (Fsp3) is 0.875. The van der Waals surface area contributed by atoms with Crippen molar-refractivity contribution in [2.75, 3.05) is 6.54 Å². The van der Waals surface area contributed by atoms with Crippen LogP contribution in [0.5, 0.6) is 0 Å². The monoisotopic (exact) mass is 140 g/mol. The van der Waals surface area contributed by atoms with Crippen molar-refractivity contribution in [3.05, 3.63) is 0 Å². The van der Waals surface area contributed by atoms with Crippen molar-refractivity contribution in [1.29, 1.82) is 0 Å². The summed E-state index contributed by atoms with van der Waals surface area (Å²) in [4.78, 5) is 4.32. The van der Waals surface area contributed by atoms with E-state index in [-0.39, 0.29) is 5.54 Å². The van der Waals surface area contributed by atoms with Crippen molar-refractivity contribution < 1.29 is 0 Å². The molecule has 0 aromatic carbocycles. The molecule has 0 saturated carbocycles. The molecule has 0 fully saturated rings. The Labute approximate surface area is 62.7 Å². The number of amidine groups is 1. The van der Waals surface area contributed by atoms with Crippen molar-refractivity contribution in [2.45, 2.75) is 33.2 Å². The minimum atomic E-state index is 0.212. The summed E-state index contributed by atoms with van der Waals surface area (Å²) in [6.07, 6.45) is 0. The molecule has 2 nitrogen and oxygen atoms in total. The van der Waals surface area contributed by atoms with Gasteiger partial charge in [0, 0.05) is 0 Å². The van der Waals surface area contributed by atoms with Crippen LogP contribution in [0.2, 0.25) is 0 Å². The molecule has 1 N–H and O–H groups in total. The lowest BCUT2D eigenvalue weighted by Crippen LogP contribution is -2.46. The fourth-order valence-electron chi connectivity index (χ4n) is 1.10. The molecule has 0 bridgehead atoms. The first kappa shape index (κ1) is 7.58. The van der Waals surface area contributed by atoms with Crippen LogP contribution in [0.3, 0.4) is 0 Å². The zero-order chi connectivity index (χ0) is 7.78. The van der Waals surface area contributed by atoms with Gasteiger partial charge in [-0.2, -0.15) is 0 Å². The molecule has 58 valence electrons. The summed E-state index contributed by atoms with van der Waals surface area (Å²) in [6.45, 7) is 9.62. The first-order chi connectivity index (χ1) is 4.54. The Kier molecular flexibility index (Phi) is 1.71. The molecule has 0 saturated heterocycles. The standard InChI is InChI=1S/C8H16N2/c1-6(2)8(4)5-9-7(3)10-8/h6H,5H2,1-4H3,(H,9,10). The lowest BCUT2D eigenvalue weighted by atomic mass is 9.89. The highest BCUT2D eigenvalue weighted by Crippen LogP contribution is 2.20. The smallest absolute Gasteiger partial charge is 0.0937 e. The van der Waals surface area contributed by atoms with Gasteiger partial charge in [0.25, 0.3) is 0 Å². The van der Waals surface area contributed by atoms with E-state index in [1.165, 1.54) is 0 Å². The first-order valence-corrected chi connectivity index (χ1v) is 3.84. The van der Waals surface area contributed by atoms with E-state index in [1.54, 1.807) is 0 Å². The zero-order valence-corrected chi connectivity index (χ0v) is 7.23. The van der Waals surface area contributed by atoms with Crippen LogP contribution in [0.15, 0.2) is 4.99 Å². The SMILES string of the molecule is CC1=NCC(C)(C(C)C)N1. The number of nitrogens with zero attached hydrogens (tertiary/aromatic N) is 1. The van der Waals surface area contributed by atoms with E-state index in [4.69, 9.17) is 0 Å². The van der Waals surface area contributed by atoms with E-state index >= 15 is 0 Å². The molecule has 0 aromatic heterocycles. The third-order valence-electron chi connectivity index (χ3n) is 2.39. The van der Waals surface area contributed by atoms with Crippen LogP contribution in [0.25, 0.3) is 0 Å². The highest BCUT2D eigenvalue weighted by molar-refractivity contribution is 5.82. The van der Waals surface area contributed by atoms with Crippen LogP contribution >= 0.6 is 0 Å². The second-order valence-electron chi connectivity index (χ2n) is 3.60. The molecule has 0 radical (unpaired) electrons. The highest BCUT2D eigenvalue weighted by atomic mass is 15.1. The normalized spacial score (nSPS) is 32.3. The van der Waals surface area contributed by atoms with Gasteiger partial charge >= 0.3 is 0 Å². The number of rotatable bonds is 1. The summed E-state index contributed by atoms with van der Waals surface area (Å²) in [7, 11) is 0. The molecule has 0 amide bonds. The van der Waals surface area contributed by atoms with E-state index in [1.807, 2.05) is 6.92 Å². The van der Waals surface area contributed by atoms with Gasteiger partial charge in [0.2, 0.25) is 0 Å². The molecule has 1 unspecified atom stereocenters. The van der Waals surface area contributed by atoms with Gasteiger partial charge in [-0.3, -0.25) is 4.99 Å². The molecule has 0 spiro atoms. The minimum Gasteiger partial charge on any atom is -0.367 e. The molecule has 1 rings (SSSR count). The molecule has 0 aromatic rings. The number of nitrogens with one attached hydrogen (secondary N) is 1. The lowest BCUT2D eigenvalue weighted by molar-refractivity contribution is 0.331. The van der Waals surface area contributed by atoms with Gasteiger partial charge in [-0.25, -0.2) is 0 Å². The molecule has 2 heteroatoms. The molecule has 1 atom stereocenters. The third kappa shape index (κ3) is 1.15. The Morgan fingerprint density at radius 3 is 2.40 bits per heavy atom. The third-order valence-corrected chi connectivity index (χ3v) is 2.39. The average molecular weight is 140 g/mol. The van der Waals surface area contributed by atoms with Gasteiger partial charge in [-0.15, -0.1) is 0 Å². The maximum Gasteiger partial charge on any atom is 0.0937 e. The molecule has 1 heterocycles. The molecule has 1 aliphatic rings. The summed E-state index contributed by atoms with van der Waals surface area (Å²) in [5.74, 6) is 1.73. The predicted molar refractivity (Wildman–Crippen MR) is 44.4 cm³/mol. The number of aliphatic imine (C=N–C) groups is 1. The Bertz CT molecular complexity index is 161. The fourth-order valence-corrected chi connectivity index (χ4v) is 1.10. The molecule has 0 aliphatic carbocycles. The Morgan fingerprint density at radius 2 is 2.20 bits per heavy atom. The first-order valence-electron chi connectivity index (χ1n) is 3.84. The summed E-state index contributed by atoms with van der Waals surface area (Å²) in [5.41, 5.74) is 0.212. The Hall–Kier alpha value is -0.530. The Balaban J connectivity index is 2.61. The van der Waals surface area contributed by atoms with Gasteiger partial charge in [-0.1, -0.05) is 13.8 Å². The van der Waals surface area contributed by atoms with E-state index in [2.05, 4.69) is 31.1 Å². The molecular formula is C8H16N2. The van der Waals surface area contributed by atoms with Crippen LogP contribution in [-0.2, 0) is 0 Å². The number of hydrogen-bond donors (Lipinski definition) is 1. The van der Waals surface area contributed by atoms with Crippen LogP contribution < -0.4 is 5.32 Å². The van der Waals surface area contributed by atoms with Gasteiger partial charge in [0.15, 0.2) is 0 Å². The van der Waals surface area contributed by atoms with Gasteiger partial charge < -0.3 is 5.32 Å². The highest BCUT2D eigenvalue weighted by Gasteiger charge is 2.31. The zero-order valence-electron chi connectivity index (χ0n) is 7.23. The van der Waals surface area contributed by atoms with Gasteiger partial charge in [0.1, 0.15) is 0 Å². The van der Waals surface area contributed by atoms with Crippen molar-refractivity contribution in [2.24, 2.45) is 10.9 Å². The quantitative estimate of drug-likeness (QED) is 0.585. The van der Waals surface area contributed by atoms with E-state index < -0.39 is 0 Å². The summed E-state index contributed by atoms with van der Waals surface area (Å²) in [6, 6.07) is 0. The summed E-state index contributed by atoms with van der Waals surface area (Å²) < 4.78 is 0. The van der Waals surface area contributed by atoms with Crippen molar-refractivity contribution in [3.8, 4) is 0 Å². The van der Waals surface area contributed by atoms with Crippen LogP contribution in [-0.4, -0.2) is 17.9 Å². The second kappa shape index (κ2) is 2.26. The predicted octanol–water partition coefficient (Wildman–Crippen LogP) is 1.42. The van der Waals surface area contributed by atoms with Crippen molar-refractivity contribution in [3.63, 3.8) is 0 Å². The van der Waals surface area contributed by atoms with Crippen molar-refractivity contribution in [1.82, 2.24) is 5.32 Å². The molecule has 1 aliphatic heterocycles. The maximum atomic E-state index is 4.32. The minimum absolute atomic E-state index is 0.212. The molecular weight excluding hydrogens is 124 g/mol. The largest absolute Gasteiger partial charge is 0.367 e. The molecule has 10 heavy (non-hydrogen) atoms. The maximum absolute atomic E-state index is 4.32. The Morgan fingerprint density at radius 1 is 1.60 bits per heavy atom. The van der Waals surface area contributed by atoms with E-state index in [0.717, 1.165) is 12.4 Å². The van der Waals surface area contributed by atoms with E-state index in [9.17, 15) is 0 Å². The van der Waals surface area contributed by atoms with Crippen LogP contribution in [0.4, 0.5) is 0 Å². The summed E-state index contributed by atoms with van der Waals surface area (Å²) in [5, 5.41) is 3.38. The lowest BCUT2D eigenvalue weighted by Gasteiger charge is -2.28. The van der Waals surface area contributed by atoms with Crippen LogP contribution in [0, 0.1) is 5.92 Å². The van der Waals surface area contributed by atoms with Crippen LogP contribution in [0.1, 0.15) is 27.7 Å². The van der Waals surface area contributed by atoms with Gasteiger partial charge in [-0.05, 0) is 19.8 Å². The topological polar surface area (TPSA) is 24.4 Å². The average Bonchev–Trinajstić information content (AvgIpc) is 2.13. The van der Waals surface area contributed by atoms with Crippen molar-refractivity contribution >= 4 is 5.84 Å². The van der Waals surface area contributed by atoms with Gasteiger partial charge in [0.05, 0.1) is 17.9 Å². The second-order valence-corrected chi connectivity index (χ2v) is 3.60. The number of hydrogen-bond acceptors (Lipinski definition) is 2. The summed E-state index contributed by atoms with van der Waals surface area (Å²) >= 11 is 0.